The molecule has 1 aliphatic carbocycles. The van der Waals surface area contributed by atoms with Crippen LogP contribution in [0.15, 0.2) is 30.3 Å². The number of halogens is 1. The molecule has 0 radical (unpaired) electrons. The first-order valence-corrected chi connectivity index (χ1v) is 11.0. The second-order valence-electron chi connectivity index (χ2n) is 9.11. The number of benzene rings is 1. The maximum absolute atomic E-state index is 13.5. The highest BCUT2D eigenvalue weighted by Crippen LogP contribution is 2.39. The van der Waals surface area contributed by atoms with Crippen molar-refractivity contribution >= 4 is 11.6 Å². The molecule has 2 aromatic heterocycles. The summed E-state index contributed by atoms with van der Waals surface area (Å²) >= 11 is 0. The minimum absolute atomic E-state index is 0.0603. The van der Waals surface area contributed by atoms with Crippen LogP contribution in [0.2, 0.25) is 0 Å². The molecule has 2 aliphatic rings. The van der Waals surface area contributed by atoms with Crippen LogP contribution in [-0.4, -0.2) is 55.8 Å². The minimum atomic E-state index is -0.623. The molecule has 2 fully saturated rings. The van der Waals surface area contributed by atoms with Gasteiger partial charge in [0.15, 0.2) is 5.65 Å². The number of hydrogen-bond donors (Lipinski definition) is 1. The SMILES string of the molecule is Cc1cc(C)n2nc(C)c(C(=O)N3C[C@H]4C[C@@H](Oc5ccc(F)cc5)[C@H](O)C[C@H]4C3)c2n1. The standard InChI is InChI=1S/C24H27FN4O3/c1-13-8-14(2)29-23(26-13)22(15(3)27-29)24(31)28-11-16-9-20(30)21(10-17(16)12-28)32-19-6-4-18(25)5-7-19/h4-8,16-17,20-21,30H,9-12H2,1-3H3/t16-,17+,20+,21+/m0/s1. The summed E-state index contributed by atoms with van der Waals surface area (Å²) in [6.07, 6.45) is 0.228. The lowest BCUT2D eigenvalue weighted by Crippen LogP contribution is -2.42. The predicted octanol–water partition coefficient (Wildman–Crippen LogP) is 3.08. The third-order valence-electron chi connectivity index (χ3n) is 6.76. The number of aliphatic hydroxyl groups is 1. The number of ether oxygens (including phenoxy) is 1. The summed E-state index contributed by atoms with van der Waals surface area (Å²) in [5.74, 6) is 0.620. The number of hydrogen-bond acceptors (Lipinski definition) is 5. The number of nitrogens with zero attached hydrogens (tertiary/aromatic N) is 4. The first-order valence-electron chi connectivity index (χ1n) is 11.0. The van der Waals surface area contributed by atoms with Crippen molar-refractivity contribution in [2.75, 3.05) is 13.1 Å². The number of aromatic nitrogens is 3. The molecule has 3 aromatic rings. The largest absolute Gasteiger partial charge is 0.488 e. The second kappa shape index (κ2) is 7.85. The van der Waals surface area contributed by atoms with E-state index in [1.54, 1.807) is 16.6 Å². The molecule has 4 atom stereocenters. The van der Waals surface area contributed by atoms with Crippen LogP contribution in [0.5, 0.6) is 5.75 Å². The van der Waals surface area contributed by atoms with E-state index in [1.807, 2.05) is 31.7 Å². The molecule has 0 spiro atoms. The molecule has 1 amide bonds. The zero-order valence-electron chi connectivity index (χ0n) is 18.5. The van der Waals surface area contributed by atoms with E-state index in [4.69, 9.17) is 4.74 Å². The Kier molecular flexibility index (Phi) is 5.12. The number of amides is 1. The van der Waals surface area contributed by atoms with Gasteiger partial charge in [0.05, 0.1) is 11.8 Å². The van der Waals surface area contributed by atoms with Gasteiger partial charge in [0, 0.05) is 24.5 Å². The Hall–Kier alpha value is -3.00. The smallest absolute Gasteiger partial charge is 0.259 e. The van der Waals surface area contributed by atoms with Gasteiger partial charge in [0.1, 0.15) is 23.2 Å². The van der Waals surface area contributed by atoms with Gasteiger partial charge >= 0.3 is 0 Å². The lowest BCUT2D eigenvalue weighted by Gasteiger charge is -2.35. The van der Waals surface area contributed by atoms with Crippen molar-refractivity contribution in [3.05, 3.63) is 58.8 Å². The van der Waals surface area contributed by atoms with Gasteiger partial charge in [-0.1, -0.05) is 0 Å². The fraction of sp³-hybridized carbons (Fsp3) is 0.458. The van der Waals surface area contributed by atoms with Gasteiger partial charge in [-0.2, -0.15) is 5.10 Å². The topological polar surface area (TPSA) is 80.0 Å². The molecule has 168 valence electrons. The van der Waals surface area contributed by atoms with E-state index in [2.05, 4.69) is 10.1 Å². The van der Waals surface area contributed by atoms with Crippen LogP contribution in [-0.2, 0) is 0 Å². The van der Waals surface area contributed by atoms with E-state index in [-0.39, 0.29) is 29.7 Å². The number of likely N-dealkylation sites (tertiary alicyclic amines) is 1. The van der Waals surface area contributed by atoms with Crippen molar-refractivity contribution in [2.45, 2.75) is 45.8 Å². The molecule has 32 heavy (non-hydrogen) atoms. The maximum Gasteiger partial charge on any atom is 0.259 e. The van der Waals surface area contributed by atoms with Gasteiger partial charge in [-0.3, -0.25) is 4.79 Å². The fourth-order valence-corrected chi connectivity index (χ4v) is 5.21. The Morgan fingerprint density at radius 1 is 1.12 bits per heavy atom. The lowest BCUT2D eigenvalue weighted by molar-refractivity contribution is -0.0231. The molecule has 1 aliphatic heterocycles. The number of carbonyl (C=O) groups excluding carboxylic acids is 1. The van der Waals surface area contributed by atoms with E-state index in [9.17, 15) is 14.3 Å². The molecule has 1 saturated carbocycles. The van der Waals surface area contributed by atoms with Crippen molar-refractivity contribution in [1.29, 1.82) is 0 Å². The van der Waals surface area contributed by atoms with Gasteiger partial charge in [-0.05, 0) is 75.8 Å². The molecule has 0 unspecified atom stereocenters. The minimum Gasteiger partial charge on any atom is -0.488 e. The first kappa shape index (κ1) is 20.9. The lowest BCUT2D eigenvalue weighted by atomic mass is 9.78. The van der Waals surface area contributed by atoms with Crippen LogP contribution >= 0.6 is 0 Å². The van der Waals surface area contributed by atoms with E-state index in [0.717, 1.165) is 11.4 Å². The van der Waals surface area contributed by atoms with Crippen molar-refractivity contribution in [3.63, 3.8) is 0 Å². The Balaban J connectivity index is 1.34. The van der Waals surface area contributed by atoms with Crippen molar-refractivity contribution < 1.29 is 19.0 Å². The number of rotatable bonds is 3. The fourth-order valence-electron chi connectivity index (χ4n) is 5.21. The first-order chi connectivity index (χ1) is 15.3. The third-order valence-corrected chi connectivity index (χ3v) is 6.76. The Labute approximate surface area is 185 Å². The summed E-state index contributed by atoms with van der Waals surface area (Å²) in [5.41, 5.74) is 3.60. The molecule has 3 heterocycles. The highest BCUT2D eigenvalue weighted by atomic mass is 19.1. The van der Waals surface area contributed by atoms with Crippen LogP contribution in [0.4, 0.5) is 4.39 Å². The molecule has 8 heteroatoms. The summed E-state index contributed by atoms with van der Waals surface area (Å²) in [6, 6.07) is 7.78. The number of fused-ring (bicyclic) bond motifs is 2. The number of aryl methyl sites for hydroxylation is 3. The predicted molar refractivity (Wildman–Crippen MR) is 116 cm³/mol. The average molecular weight is 439 g/mol. The molecule has 1 N–H and O–H groups in total. The van der Waals surface area contributed by atoms with Crippen LogP contribution in [0.25, 0.3) is 5.65 Å². The number of carbonyl (C=O) groups is 1. The molecule has 1 aromatic carbocycles. The Morgan fingerprint density at radius 2 is 1.81 bits per heavy atom. The monoisotopic (exact) mass is 438 g/mol. The second-order valence-corrected chi connectivity index (χ2v) is 9.11. The normalized spacial score (nSPS) is 25.2. The molecular formula is C24H27FN4O3. The molecule has 0 bridgehead atoms. The third kappa shape index (κ3) is 3.62. The van der Waals surface area contributed by atoms with E-state index in [0.29, 0.717) is 48.6 Å². The zero-order valence-corrected chi connectivity index (χ0v) is 18.5. The average Bonchev–Trinajstić information content (AvgIpc) is 3.30. The van der Waals surface area contributed by atoms with Crippen molar-refractivity contribution in [1.82, 2.24) is 19.5 Å². The van der Waals surface area contributed by atoms with Gasteiger partial charge in [-0.25, -0.2) is 13.9 Å². The van der Waals surface area contributed by atoms with Gasteiger partial charge < -0.3 is 14.7 Å². The van der Waals surface area contributed by atoms with Crippen molar-refractivity contribution in [3.8, 4) is 5.75 Å². The van der Waals surface area contributed by atoms with Gasteiger partial charge in [-0.15, -0.1) is 0 Å². The summed E-state index contributed by atoms with van der Waals surface area (Å²) in [5, 5.41) is 15.2. The number of aliphatic hydroxyl groups excluding tert-OH is 1. The van der Waals surface area contributed by atoms with E-state index < -0.39 is 6.10 Å². The Bertz CT molecular complexity index is 1180. The molecule has 7 nitrogen and oxygen atoms in total. The van der Waals surface area contributed by atoms with Gasteiger partial charge in [0.2, 0.25) is 0 Å². The Morgan fingerprint density at radius 3 is 2.53 bits per heavy atom. The highest BCUT2D eigenvalue weighted by molar-refractivity contribution is 6.01. The summed E-state index contributed by atoms with van der Waals surface area (Å²) in [4.78, 5) is 19.9. The van der Waals surface area contributed by atoms with Crippen LogP contribution < -0.4 is 4.74 Å². The molecule has 5 rings (SSSR count). The van der Waals surface area contributed by atoms with E-state index in [1.165, 1.54) is 12.1 Å². The quantitative estimate of drug-likeness (QED) is 0.680. The van der Waals surface area contributed by atoms with Gasteiger partial charge in [0.25, 0.3) is 5.91 Å². The molecule has 1 saturated heterocycles. The molecular weight excluding hydrogens is 411 g/mol. The summed E-state index contributed by atoms with van der Waals surface area (Å²) < 4.78 is 20.9. The van der Waals surface area contributed by atoms with Crippen molar-refractivity contribution in [2.24, 2.45) is 11.8 Å². The van der Waals surface area contributed by atoms with Crippen LogP contribution in [0.3, 0.4) is 0 Å². The highest BCUT2D eigenvalue weighted by Gasteiger charge is 2.44. The summed E-state index contributed by atoms with van der Waals surface area (Å²) in [7, 11) is 0. The zero-order chi connectivity index (χ0) is 22.6. The van der Waals surface area contributed by atoms with Crippen LogP contribution in [0.1, 0.15) is 40.3 Å². The summed E-state index contributed by atoms with van der Waals surface area (Å²) in [6.45, 7) is 6.93. The van der Waals surface area contributed by atoms with Crippen LogP contribution in [0, 0.1) is 38.4 Å². The van der Waals surface area contributed by atoms with E-state index >= 15 is 0 Å². The maximum atomic E-state index is 13.5.